The van der Waals surface area contributed by atoms with Crippen LogP contribution in [0.3, 0.4) is 0 Å². The lowest BCUT2D eigenvalue weighted by molar-refractivity contribution is -0.138. The Morgan fingerprint density at radius 1 is 1.30 bits per heavy atom. The second-order valence-electron chi connectivity index (χ2n) is 5.56. The highest BCUT2D eigenvalue weighted by Gasteiger charge is 2.25. The van der Waals surface area contributed by atoms with Crippen molar-refractivity contribution >= 4 is 17.6 Å². The highest BCUT2D eigenvalue weighted by Crippen LogP contribution is 2.30. The maximum absolute atomic E-state index is 11.2. The molecule has 0 spiro atoms. The minimum Gasteiger partial charge on any atom is -0.481 e. The van der Waals surface area contributed by atoms with E-state index in [4.69, 9.17) is 11.6 Å². The van der Waals surface area contributed by atoms with E-state index in [0.29, 0.717) is 5.02 Å². The third kappa shape index (κ3) is 3.97. The lowest BCUT2D eigenvalue weighted by Crippen LogP contribution is -2.31. The number of hydrogen-bond donors (Lipinski definition) is 1. The van der Waals surface area contributed by atoms with Crippen molar-refractivity contribution in [3.63, 3.8) is 0 Å². The van der Waals surface area contributed by atoms with E-state index in [0.717, 1.165) is 37.1 Å². The molecule has 1 aromatic carbocycles. The van der Waals surface area contributed by atoms with Gasteiger partial charge in [0, 0.05) is 11.1 Å². The number of aryl methyl sites for hydroxylation is 1. The number of nitrogens with zero attached hydrogens (tertiary/aromatic N) is 1. The molecule has 1 aliphatic heterocycles. The van der Waals surface area contributed by atoms with Gasteiger partial charge in [-0.2, -0.15) is 0 Å². The van der Waals surface area contributed by atoms with E-state index >= 15 is 0 Å². The van der Waals surface area contributed by atoms with E-state index in [-0.39, 0.29) is 12.5 Å². The van der Waals surface area contributed by atoms with Crippen LogP contribution in [0.25, 0.3) is 0 Å². The minimum absolute atomic E-state index is 0.0390. The summed E-state index contributed by atoms with van der Waals surface area (Å²) >= 11 is 6.01. The monoisotopic (exact) mass is 295 g/mol. The summed E-state index contributed by atoms with van der Waals surface area (Å²) in [4.78, 5) is 13.6. The average molecular weight is 296 g/mol. The molecule has 0 amide bonds. The van der Waals surface area contributed by atoms with Gasteiger partial charge in [0.15, 0.2) is 0 Å². The molecule has 2 rings (SSSR count). The molecule has 110 valence electrons. The van der Waals surface area contributed by atoms with E-state index in [2.05, 4.69) is 4.90 Å². The highest BCUT2D eigenvalue weighted by molar-refractivity contribution is 6.30. The second-order valence-corrected chi connectivity index (χ2v) is 6.00. The zero-order valence-corrected chi connectivity index (χ0v) is 12.7. The molecular formula is C16H22ClNO2. The maximum Gasteiger partial charge on any atom is 0.305 e. The fourth-order valence-electron chi connectivity index (χ4n) is 3.02. The normalized spacial score (nSPS) is 18.5. The molecule has 0 saturated carbocycles. The molecule has 1 atom stereocenters. The van der Waals surface area contributed by atoms with Gasteiger partial charge in [0.05, 0.1) is 6.42 Å². The van der Waals surface area contributed by atoms with Crippen molar-refractivity contribution < 1.29 is 9.90 Å². The number of aliphatic carboxylic acids is 1. The zero-order valence-electron chi connectivity index (χ0n) is 11.9. The lowest BCUT2D eigenvalue weighted by Gasteiger charge is -2.31. The molecule has 1 heterocycles. The third-order valence-corrected chi connectivity index (χ3v) is 4.28. The highest BCUT2D eigenvalue weighted by atomic mass is 35.5. The Hall–Kier alpha value is -1.06. The van der Waals surface area contributed by atoms with Crippen molar-refractivity contribution in [3.8, 4) is 0 Å². The molecule has 4 heteroatoms. The lowest BCUT2D eigenvalue weighted by atomic mass is 9.97. The van der Waals surface area contributed by atoms with Gasteiger partial charge in [0.2, 0.25) is 0 Å². The van der Waals surface area contributed by atoms with Crippen LogP contribution in [0.15, 0.2) is 18.2 Å². The molecule has 1 N–H and O–H groups in total. The summed E-state index contributed by atoms with van der Waals surface area (Å²) in [6, 6.07) is 5.72. The Morgan fingerprint density at radius 2 is 1.95 bits per heavy atom. The van der Waals surface area contributed by atoms with Crippen molar-refractivity contribution in [1.29, 1.82) is 0 Å². The largest absolute Gasteiger partial charge is 0.481 e. The van der Waals surface area contributed by atoms with Crippen LogP contribution < -0.4 is 0 Å². The minimum atomic E-state index is -0.742. The van der Waals surface area contributed by atoms with Gasteiger partial charge in [-0.1, -0.05) is 30.5 Å². The van der Waals surface area contributed by atoms with E-state index in [1.165, 1.54) is 12.8 Å². The fraction of sp³-hybridized carbons (Fsp3) is 0.562. The van der Waals surface area contributed by atoms with Crippen LogP contribution in [0.2, 0.25) is 5.02 Å². The van der Waals surface area contributed by atoms with Crippen LogP contribution in [0, 0.1) is 6.92 Å². The number of hydrogen-bond acceptors (Lipinski definition) is 2. The molecule has 3 nitrogen and oxygen atoms in total. The van der Waals surface area contributed by atoms with Crippen LogP contribution in [-0.4, -0.2) is 29.1 Å². The van der Waals surface area contributed by atoms with E-state index in [1.54, 1.807) is 0 Å². The molecule has 0 radical (unpaired) electrons. The molecule has 1 saturated heterocycles. The second kappa shape index (κ2) is 7.09. The first-order valence-electron chi connectivity index (χ1n) is 7.30. The van der Waals surface area contributed by atoms with E-state index < -0.39 is 5.97 Å². The molecule has 0 aliphatic carbocycles. The first-order valence-corrected chi connectivity index (χ1v) is 7.67. The first-order chi connectivity index (χ1) is 9.58. The van der Waals surface area contributed by atoms with E-state index in [1.807, 2.05) is 25.1 Å². The predicted molar refractivity (Wildman–Crippen MR) is 81.2 cm³/mol. The number of carboxylic acid groups (broad SMARTS) is 1. The summed E-state index contributed by atoms with van der Waals surface area (Å²) < 4.78 is 0. The van der Waals surface area contributed by atoms with Crippen molar-refractivity contribution in [2.75, 3.05) is 13.1 Å². The zero-order chi connectivity index (χ0) is 14.5. The summed E-state index contributed by atoms with van der Waals surface area (Å²) in [5, 5.41) is 9.94. The van der Waals surface area contributed by atoms with Crippen LogP contribution in [0.5, 0.6) is 0 Å². The van der Waals surface area contributed by atoms with Gasteiger partial charge in [0.1, 0.15) is 0 Å². The van der Waals surface area contributed by atoms with Crippen LogP contribution in [0.4, 0.5) is 0 Å². The molecule has 1 fully saturated rings. The number of carbonyl (C=O) groups is 1. The molecule has 0 aromatic heterocycles. The van der Waals surface area contributed by atoms with Gasteiger partial charge < -0.3 is 5.11 Å². The summed E-state index contributed by atoms with van der Waals surface area (Å²) in [5.74, 6) is -0.742. The van der Waals surface area contributed by atoms with Crippen molar-refractivity contribution in [1.82, 2.24) is 4.90 Å². The smallest absolute Gasteiger partial charge is 0.305 e. The van der Waals surface area contributed by atoms with Gasteiger partial charge in [-0.15, -0.1) is 0 Å². The van der Waals surface area contributed by atoms with E-state index in [9.17, 15) is 9.90 Å². The van der Waals surface area contributed by atoms with Crippen LogP contribution in [-0.2, 0) is 4.79 Å². The third-order valence-electron chi connectivity index (χ3n) is 4.04. The van der Waals surface area contributed by atoms with Crippen molar-refractivity contribution in [2.45, 2.75) is 45.1 Å². The predicted octanol–water partition coefficient (Wildman–Crippen LogP) is 4.04. The molecule has 1 aliphatic rings. The fourth-order valence-corrected chi connectivity index (χ4v) is 3.25. The average Bonchev–Trinajstić information content (AvgIpc) is 2.65. The summed E-state index contributed by atoms with van der Waals surface area (Å²) in [6.07, 6.45) is 4.96. The SMILES string of the molecule is Cc1cc(Cl)ccc1C(CC(=O)O)N1CCCCCC1. The number of rotatable bonds is 4. The van der Waals surface area contributed by atoms with Gasteiger partial charge >= 0.3 is 5.97 Å². The quantitative estimate of drug-likeness (QED) is 0.911. The Balaban J connectivity index is 2.27. The summed E-state index contributed by atoms with van der Waals surface area (Å²) in [5.41, 5.74) is 2.17. The molecule has 20 heavy (non-hydrogen) atoms. The number of benzene rings is 1. The Morgan fingerprint density at radius 3 is 2.50 bits per heavy atom. The molecular weight excluding hydrogens is 274 g/mol. The van der Waals surface area contributed by atoms with Crippen molar-refractivity contribution in [2.24, 2.45) is 0 Å². The van der Waals surface area contributed by atoms with Crippen LogP contribution >= 0.6 is 11.6 Å². The Kier molecular flexibility index (Phi) is 5.44. The summed E-state index contributed by atoms with van der Waals surface area (Å²) in [6.45, 7) is 3.98. The molecule has 0 bridgehead atoms. The molecule has 1 unspecified atom stereocenters. The maximum atomic E-state index is 11.2. The topological polar surface area (TPSA) is 40.5 Å². The van der Waals surface area contributed by atoms with Gasteiger partial charge in [-0.3, -0.25) is 9.69 Å². The number of halogens is 1. The number of carboxylic acids is 1. The van der Waals surface area contributed by atoms with Gasteiger partial charge in [-0.05, 0) is 56.1 Å². The van der Waals surface area contributed by atoms with Gasteiger partial charge in [-0.25, -0.2) is 0 Å². The summed E-state index contributed by atoms with van der Waals surface area (Å²) in [7, 11) is 0. The Bertz CT molecular complexity index is 468. The number of likely N-dealkylation sites (tertiary alicyclic amines) is 1. The van der Waals surface area contributed by atoms with Crippen LogP contribution in [0.1, 0.15) is 49.3 Å². The Labute approximate surface area is 125 Å². The van der Waals surface area contributed by atoms with Gasteiger partial charge in [0.25, 0.3) is 0 Å². The standard InChI is InChI=1S/C16H22ClNO2/c1-12-10-13(17)6-7-14(12)15(11-16(19)20)18-8-4-2-3-5-9-18/h6-7,10,15H,2-5,8-9,11H2,1H3,(H,19,20). The molecule has 1 aromatic rings. The van der Waals surface area contributed by atoms with Crippen molar-refractivity contribution in [3.05, 3.63) is 34.3 Å². The first kappa shape index (κ1) is 15.3.